The molecule has 62 valence electrons. The Balaban J connectivity index is 3.41. The van der Waals surface area contributed by atoms with E-state index in [1.54, 1.807) is 0 Å². The third kappa shape index (κ3) is 3.82. The Morgan fingerprint density at radius 1 is 1.30 bits per heavy atom. The quantitative estimate of drug-likeness (QED) is 0.555. The molecule has 0 rings (SSSR count). The average Bonchev–Trinajstić information content (AvgIpc) is 1.99. The van der Waals surface area contributed by atoms with Crippen LogP contribution in [0, 0.1) is 5.92 Å². The van der Waals surface area contributed by atoms with E-state index < -0.39 is 0 Å². The van der Waals surface area contributed by atoms with E-state index in [2.05, 4.69) is 24.7 Å². The van der Waals surface area contributed by atoms with Crippen LogP contribution in [0.1, 0.15) is 20.3 Å². The Bertz CT molecular complexity index is 71.3. The molecule has 10 heavy (non-hydrogen) atoms. The van der Waals surface area contributed by atoms with Crippen molar-refractivity contribution in [2.24, 2.45) is 5.92 Å². The van der Waals surface area contributed by atoms with Gasteiger partial charge in [-0.3, -0.25) is 0 Å². The molecule has 0 bridgehead atoms. The highest BCUT2D eigenvalue weighted by Gasteiger charge is 2.03. The molecule has 0 aromatic carbocycles. The molecule has 0 fully saturated rings. The molecular formula is C7H19N3. The topological polar surface area (TPSA) is 27.3 Å². The van der Waals surface area contributed by atoms with Crippen molar-refractivity contribution in [2.45, 2.75) is 20.3 Å². The fraction of sp³-hybridized carbons (Fsp3) is 1.00. The zero-order valence-corrected chi connectivity index (χ0v) is 7.44. The first kappa shape index (κ1) is 9.88. The number of nitrogens with one attached hydrogen (secondary N) is 2. The number of nitrogens with zero attached hydrogens (tertiary/aromatic N) is 1. The maximum Gasteiger partial charge on any atom is 0.0313 e. The highest BCUT2D eigenvalue weighted by Crippen LogP contribution is 1.99. The molecular weight excluding hydrogens is 126 g/mol. The molecule has 1 unspecified atom stereocenters. The second-order valence-corrected chi connectivity index (χ2v) is 2.57. The molecule has 0 aliphatic carbocycles. The van der Waals surface area contributed by atoms with Gasteiger partial charge in [0.15, 0.2) is 0 Å². The standard InChI is InChI=1S/C7H19N3/c1-5-7(2)6-10(8-3)9-4/h7-9H,5-6H2,1-4H3. The predicted octanol–water partition coefficient (Wildman–Crippen LogP) is 0.603. The molecule has 1 atom stereocenters. The Morgan fingerprint density at radius 2 is 1.80 bits per heavy atom. The van der Waals surface area contributed by atoms with Gasteiger partial charge in [-0.15, -0.1) is 0 Å². The van der Waals surface area contributed by atoms with Crippen LogP contribution < -0.4 is 10.9 Å². The number of hydrogen-bond donors (Lipinski definition) is 2. The highest BCUT2D eigenvalue weighted by atomic mass is 15.7. The molecule has 3 nitrogen and oxygen atoms in total. The summed E-state index contributed by atoms with van der Waals surface area (Å²) in [5, 5.41) is 1.98. The molecule has 0 saturated heterocycles. The summed E-state index contributed by atoms with van der Waals surface area (Å²) < 4.78 is 0. The van der Waals surface area contributed by atoms with Gasteiger partial charge in [-0.05, 0) is 5.92 Å². The lowest BCUT2D eigenvalue weighted by atomic mass is 10.1. The van der Waals surface area contributed by atoms with E-state index in [-0.39, 0.29) is 0 Å². The van der Waals surface area contributed by atoms with Crippen molar-refractivity contribution in [3.8, 4) is 0 Å². The molecule has 2 N–H and O–H groups in total. The first-order valence-corrected chi connectivity index (χ1v) is 3.86. The Kier molecular flexibility index (Phi) is 5.58. The van der Waals surface area contributed by atoms with E-state index in [0.717, 1.165) is 12.5 Å². The van der Waals surface area contributed by atoms with Crippen LogP contribution in [-0.2, 0) is 0 Å². The lowest BCUT2D eigenvalue weighted by Gasteiger charge is -2.22. The monoisotopic (exact) mass is 145 g/mol. The molecule has 0 spiro atoms. The van der Waals surface area contributed by atoms with Gasteiger partial charge in [0.05, 0.1) is 0 Å². The first-order valence-electron chi connectivity index (χ1n) is 3.86. The van der Waals surface area contributed by atoms with Crippen molar-refractivity contribution in [3.63, 3.8) is 0 Å². The molecule has 0 amide bonds. The zero-order chi connectivity index (χ0) is 7.98. The third-order valence-electron chi connectivity index (χ3n) is 1.73. The fourth-order valence-electron chi connectivity index (χ4n) is 0.735. The summed E-state index contributed by atoms with van der Waals surface area (Å²) in [6, 6.07) is 0. The van der Waals surface area contributed by atoms with Gasteiger partial charge in [-0.25, -0.2) is 10.9 Å². The Labute approximate surface area is 63.7 Å². The van der Waals surface area contributed by atoms with E-state index in [1.165, 1.54) is 6.42 Å². The van der Waals surface area contributed by atoms with Crippen LogP contribution >= 0.6 is 0 Å². The van der Waals surface area contributed by atoms with Crippen molar-refractivity contribution in [1.82, 2.24) is 16.0 Å². The van der Waals surface area contributed by atoms with Crippen LogP contribution in [0.25, 0.3) is 0 Å². The minimum Gasteiger partial charge on any atom is -0.245 e. The van der Waals surface area contributed by atoms with Crippen LogP contribution in [0.3, 0.4) is 0 Å². The molecule has 0 radical (unpaired) electrons. The smallest absolute Gasteiger partial charge is 0.0313 e. The van der Waals surface area contributed by atoms with Gasteiger partial charge in [0.25, 0.3) is 0 Å². The van der Waals surface area contributed by atoms with E-state index in [4.69, 9.17) is 0 Å². The molecule has 0 aliphatic heterocycles. The normalized spacial score (nSPS) is 14.1. The summed E-state index contributed by atoms with van der Waals surface area (Å²) in [5.74, 6) is 0.736. The number of hydrazine groups is 2. The summed E-state index contributed by atoms with van der Waals surface area (Å²) in [6.07, 6.45) is 1.22. The predicted molar refractivity (Wildman–Crippen MR) is 44.3 cm³/mol. The largest absolute Gasteiger partial charge is 0.245 e. The number of hydrogen-bond acceptors (Lipinski definition) is 3. The van der Waals surface area contributed by atoms with Crippen molar-refractivity contribution in [2.75, 3.05) is 20.6 Å². The van der Waals surface area contributed by atoms with E-state index in [1.807, 2.05) is 19.2 Å². The summed E-state index contributed by atoms with van der Waals surface area (Å²) >= 11 is 0. The lowest BCUT2D eigenvalue weighted by molar-refractivity contribution is 0.121. The molecule has 0 saturated carbocycles. The fourth-order valence-corrected chi connectivity index (χ4v) is 0.735. The van der Waals surface area contributed by atoms with Gasteiger partial charge in [0.1, 0.15) is 0 Å². The third-order valence-corrected chi connectivity index (χ3v) is 1.73. The minimum atomic E-state index is 0.736. The van der Waals surface area contributed by atoms with Gasteiger partial charge in [0, 0.05) is 20.6 Å². The van der Waals surface area contributed by atoms with Crippen molar-refractivity contribution in [3.05, 3.63) is 0 Å². The Hall–Kier alpha value is -0.120. The Morgan fingerprint density at radius 3 is 2.10 bits per heavy atom. The molecule has 0 aromatic heterocycles. The lowest BCUT2D eigenvalue weighted by Crippen LogP contribution is -2.46. The van der Waals surface area contributed by atoms with Gasteiger partial charge < -0.3 is 0 Å². The highest BCUT2D eigenvalue weighted by molar-refractivity contribution is 4.51. The summed E-state index contributed by atoms with van der Waals surface area (Å²) in [5.41, 5.74) is 6.08. The zero-order valence-electron chi connectivity index (χ0n) is 7.44. The van der Waals surface area contributed by atoms with E-state index in [9.17, 15) is 0 Å². The summed E-state index contributed by atoms with van der Waals surface area (Å²) in [4.78, 5) is 0. The van der Waals surface area contributed by atoms with Gasteiger partial charge in [-0.1, -0.05) is 20.3 Å². The molecule has 3 heteroatoms. The SMILES string of the molecule is CCC(C)CN(NC)NC. The minimum absolute atomic E-state index is 0.736. The molecule has 0 aromatic rings. The maximum absolute atomic E-state index is 3.04. The van der Waals surface area contributed by atoms with Gasteiger partial charge in [-0.2, -0.15) is 5.12 Å². The van der Waals surface area contributed by atoms with Crippen LogP contribution in [0.4, 0.5) is 0 Å². The maximum atomic E-state index is 3.04. The summed E-state index contributed by atoms with van der Waals surface area (Å²) in [7, 11) is 3.83. The van der Waals surface area contributed by atoms with Crippen molar-refractivity contribution >= 4 is 0 Å². The van der Waals surface area contributed by atoms with Gasteiger partial charge in [0.2, 0.25) is 0 Å². The van der Waals surface area contributed by atoms with Crippen LogP contribution in [0.2, 0.25) is 0 Å². The van der Waals surface area contributed by atoms with Gasteiger partial charge >= 0.3 is 0 Å². The second-order valence-electron chi connectivity index (χ2n) is 2.57. The van der Waals surface area contributed by atoms with Crippen LogP contribution in [0.15, 0.2) is 0 Å². The second kappa shape index (κ2) is 5.65. The van der Waals surface area contributed by atoms with Crippen molar-refractivity contribution < 1.29 is 0 Å². The molecule has 0 heterocycles. The average molecular weight is 145 g/mol. The van der Waals surface area contributed by atoms with E-state index >= 15 is 0 Å². The van der Waals surface area contributed by atoms with E-state index in [0.29, 0.717) is 0 Å². The summed E-state index contributed by atoms with van der Waals surface area (Å²) in [6.45, 7) is 5.49. The van der Waals surface area contributed by atoms with Crippen LogP contribution in [-0.4, -0.2) is 25.8 Å². The van der Waals surface area contributed by atoms with Crippen molar-refractivity contribution in [1.29, 1.82) is 0 Å². The number of rotatable bonds is 5. The first-order chi connectivity index (χ1) is 4.74. The van der Waals surface area contributed by atoms with Crippen LogP contribution in [0.5, 0.6) is 0 Å². The molecule has 0 aliphatic rings.